The third-order valence-electron chi connectivity index (χ3n) is 3.81. The van der Waals surface area contributed by atoms with Crippen LogP contribution in [0.2, 0.25) is 5.02 Å². The molecule has 1 aromatic heterocycles. The van der Waals surface area contributed by atoms with E-state index in [4.69, 9.17) is 11.6 Å². The van der Waals surface area contributed by atoms with Gasteiger partial charge in [0.15, 0.2) is 0 Å². The number of hydrogen-bond donors (Lipinski definition) is 2. The largest absolute Gasteiger partial charge is 0.316 e. The molecule has 1 fully saturated rings. The normalized spacial score (nSPS) is 23.5. The highest BCUT2D eigenvalue weighted by Crippen LogP contribution is 2.31. The maximum absolute atomic E-state index is 12.5. The molecular weight excluding hydrogens is 328 g/mol. The molecule has 0 bridgehead atoms. The van der Waals surface area contributed by atoms with Crippen molar-refractivity contribution in [2.75, 3.05) is 13.1 Å². The number of fused-ring (bicyclic) bond motifs is 1. The second kappa shape index (κ2) is 5.85. The Labute approximate surface area is 133 Å². The molecule has 3 rings (SSSR count). The van der Waals surface area contributed by atoms with E-state index in [1.54, 1.807) is 18.2 Å². The zero-order chi connectivity index (χ0) is 15.0. The number of rotatable bonds is 3. The van der Waals surface area contributed by atoms with Crippen molar-refractivity contribution in [3.05, 3.63) is 29.3 Å². The van der Waals surface area contributed by atoms with Crippen LogP contribution in [0.4, 0.5) is 0 Å². The molecule has 2 aromatic rings. The van der Waals surface area contributed by atoms with Gasteiger partial charge < -0.3 is 5.32 Å². The van der Waals surface area contributed by atoms with Crippen molar-refractivity contribution in [1.82, 2.24) is 10.0 Å². The summed E-state index contributed by atoms with van der Waals surface area (Å²) >= 11 is 7.23. The monoisotopic (exact) mass is 344 g/mol. The van der Waals surface area contributed by atoms with Crippen LogP contribution in [0.1, 0.15) is 13.3 Å². The van der Waals surface area contributed by atoms with E-state index in [-0.39, 0.29) is 12.0 Å². The predicted octanol–water partition coefficient (Wildman–Crippen LogP) is 2.83. The van der Waals surface area contributed by atoms with Gasteiger partial charge >= 0.3 is 0 Å². The molecule has 0 amide bonds. The fourth-order valence-electron chi connectivity index (χ4n) is 2.57. The van der Waals surface area contributed by atoms with Gasteiger partial charge in [-0.2, -0.15) is 0 Å². The predicted molar refractivity (Wildman–Crippen MR) is 87.6 cm³/mol. The minimum atomic E-state index is -3.47. The average Bonchev–Trinajstić information content (AvgIpc) is 2.85. The third-order valence-corrected chi connectivity index (χ3v) is 7.13. The van der Waals surface area contributed by atoms with Crippen LogP contribution in [-0.4, -0.2) is 27.5 Å². The molecule has 1 aromatic carbocycles. The Bertz CT molecular complexity index is 757. The van der Waals surface area contributed by atoms with Crippen molar-refractivity contribution in [3.8, 4) is 0 Å². The molecule has 2 unspecified atom stereocenters. The van der Waals surface area contributed by atoms with Gasteiger partial charge in [0.1, 0.15) is 4.21 Å². The van der Waals surface area contributed by atoms with E-state index < -0.39 is 10.0 Å². The Hall–Kier alpha value is -0.660. The summed E-state index contributed by atoms with van der Waals surface area (Å²) in [7, 11) is -3.47. The summed E-state index contributed by atoms with van der Waals surface area (Å²) in [6.45, 7) is 3.75. The lowest BCUT2D eigenvalue weighted by Gasteiger charge is -2.29. The molecule has 1 aliphatic heterocycles. The molecule has 2 atom stereocenters. The molecule has 2 heterocycles. The minimum absolute atomic E-state index is 0.00921. The highest BCUT2D eigenvalue weighted by atomic mass is 35.5. The lowest BCUT2D eigenvalue weighted by molar-refractivity contribution is 0.328. The molecule has 114 valence electrons. The highest BCUT2D eigenvalue weighted by Gasteiger charge is 2.27. The van der Waals surface area contributed by atoms with Gasteiger partial charge in [0, 0.05) is 15.8 Å². The summed E-state index contributed by atoms with van der Waals surface area (Å²) in [5.74, 6) is 0.289. The maximum atomic E-state index is 12.5. The molecule has 0 saturated carbocycles. The van der Waals surface area contributed by atoms with E-state index in [1.165, 1.54) is 11.3 Å². The lowest BCUT2D eigenvalue weighted by Crippen LogP contribution is -2.48. The molecular formula is C14H17ClN2O2S2. The molecule has 7 heteroatoms. The molecule has 2 N–H and O–H groups in total. The van der Waals surface area contributed by atoms with Gasteiger partial charge in [0.25, 0.3) is 0 Å². The summed E-state index contributed by atoms with van der Waals surface area (Å²) in [6.07, 6.45) is 0.817. The van der Waals surface area contributed by atoms with E-state index in [9.17, 15) is 8.42 Å². The Kier molecular flexibility index (Phi) is 4.25. The van der Waals surface area contributed by atoms with Crippen LogP contribution in [0.3, 0.4) is 0 Å². The van der Waals surface area contributed by atoms with E-state index in [0.717, 1.165) is 29.6 Å². The number of benzene rings is 1. The molecule has 0 spiro atoms. The van der Waals surface area contributed by atoms with Crippen molar-refractivity contribution in [1.29, 1.82) is 0 Å². The molecule has 4 nitrogen and oxygen atoms in total. The first-order valence-electron chi connectivity index (χ1n) is 6.88. The fraction of sp³-hybridized carbons (Fsp3) is 0.429. The smallest absolute Gasteiger partial charge is 0.250 e. The van der Waals surface area contributed by atoms with Gasteiger partial charge in [-0.05, 0) is 55.1 Å². The van der Waals surface area contributed by atoms with Crippen molar-refractivity contribution >= 4 is 43.0 Å². The zero-order valence-corrected chi connectivity index (χ0v) is 14.0. The summed E-state index contributed by atoms with van der Waals surface area (Å²) < 4.78 is 29.2. The molecule has 21 heavy (non-hydrogen) atoms. The number of thiophene rings is 1. The van der Waals surface area contributed by atoms with Crippen LogP contribution in [0.5, 0.6) is 0 Å². The molecule has 0 aliphatic carbocycles. The van der Waals surface area contributed by atoms with Gasteiger partial charge in [-0.3, -0.25) is 0 Å². The lowest BCUT2D eigenvalue weighted by atomic mass is 9.97. The van der Waals surface area contributed by atoms with E-state index in [2.05, 4.69) is 17.0 Å². The van der Waals surface area contributed by atoms with Crippen molar-refractivity contribution < 1.29 is 8.42 Å². The first-order chi connectivity index (χ1) is 9.95. The summed E-state index contributed by atoms with van der Waals surface area (Å²) in [4.78, 5) is 0. The Morgan fingerprint density at radius 3 is 2.95 bits per heavy atom. The minimum Gasteiger partial charge on any atom is -0.316 e. The van der Waals surface area contributed by atoms with Crippen molar-refractivity contribution in [2.45, 2.75) is 23.6 Å². The van der Waals surface area contributed by atoms with Gasteiger partial charge in [-0.25, -0.2) is 13.1 Å². The van der Waals surface area contributed by atoms with Crippen LogP contribution >= 0.6 is 22.9 Å². The topological polar surface area (TPSA) is 58.2 Å². The van der Waals surface area contributed by atoms with Crippen LogP contribution in [0.15, 0.2) is 28.5 Å². The Balaban J connectivity index is 1.88. The quantitative estimate of drug-likeness (QED) is 0.900. The van der Waals surface area contributed by atoms with Crippen LogP contribution in [0.25, 0.3) is 10.1 Å². The number of sulfonamides is 1. The van der Waals surface area contributed by atoms with Crippen molar-refractivity contribution in [2.24, 2.45) is 5.92 Å². The number of piperidine rings is 1. The second-order valence-corrected chi connectivity index (χ2v) is 8.91. The third kappa shape index (κ3) is 3.24. The molecule has 0 radical (unpaired) electrons. The first-order valence-corrected chi connectivity index (χ1v) is 9.55. The van der Waals surface area contributed by atoms with E-state index >= 15 is 0 Å². The SMILES string of the molecule is CC1CNCCC1NS(=O)(=O)c1cc2cc(Cl)ccc2s1. The van der Waals surface area contributed by atoms with Crippen LogP contribution in [-0.2, 0) is 10.0 Å². The van der Waals surface area contributed by atoms with E-state index in [0.29, 0.717) is 9.23 Å². The Morgan fingerprint density at radius 1 is 1.38 bits per heavy atom. The van der Waals surface area contributed by atoms with E-state index in [1.807, 2.05) is 6.07 Å². The number of nitrogens with one attached hydrogen (secondary N) is 2. The average molecular weight is 345 g/mol. The summed E-state index contributed by atoms with van der Waals surface area (Å²) in [5, 5.41) is 4.75. The molecule has 1 saturated heterocycles. The first kappa shape index (κ1) is 15.2. The van der Waals surface area contributed by atoms with Crippen molar-refractivity contribution in [3.63, 3.8) is 0 Å². The summed E-state index contributed by atoms with van der Waals surface area (Å²) in [6, 6.07) is 7.11. The maximum Gasteiger partial charge on any atom is 0.250 e. The Morgan fingerprint density at radius 2 is 2.19 bits per heavy atom. The van der Waals surface area contributed by atoms with Crippen LogP contribution in [0, 0.1) is 5.92 Å². The standard InChI is InChI=1S/C14H17ClN2O2S2/c1-9-8-16-5-4-12(9)17-21(18,19)14-7-10-6-11(15)2-3-13(10)20-14/h2-3,6-7,9,12,16-17H,4-5,8H2,1H3. The van der Waals surface area contributed by atoms with Gasteiger partial charge in [-0.1, -0.05) is 18.5 Å². The van der Waals surface area contributed by atoms with Gasteiger partial charge in [0.2, 0.25) is 10.0 Å². The second-order valence-electron chi connectivity index (χ2n) is 5.45. The zero-order valence-electron chi connectivity index (χ0n) is 11.6. The van der Waals surface area contributed by atoms with Gasteiger partial charge in [0.05, 0.1) is 0 Å². The summed E-state index contributed by atoms with van der Waals surface area (Å²) in [5.41, 5.74) is 0. The van der Waals surface area contributed by atoms with Crippen LogP contribution < -0.4 is 10.0 Å². The van der Waals surface area contributed by atoms with Gasteiger partial charge in [-0.15, -0.1) is 11.3 Å². The number of hydrogen-bond acceptors (Lipinski definition) is 4. The fourth-order valence-corrected chi connectivity index (χ4v) is 5.52. The highest BCUT2D eigenvalue weighted by molar-refractivity contribution is 7.91. The molecule has 1 aliphatic rings. The number of halogens is 1.